The van der Waals surface area contributed by atoms with E-state index >= 15 is 0 Å². The molecule has 0 aliphatic rings. The molecule has 74 valence electrons. The molecule has 0 radical (unpaired) electrons. The van der Waals surface area contributed by atoms with Gasteiger partial charge >= 0.3 is 5.97 Å². The summed E-state index contributed by atoms with van der Waals surface area (Å²) in [5.41, 5.74) is 5.31. The second kappa shape index (κ2) is 10.7. The maximum absolute atomic E-state index is 10.6. The highest BCUT2D eigenvalue weighted by molar-refractivity contribution is 5.85. The Labute approximate surface area is 80.1 Å². The van der Waals surface area contributed by atoms with Crippen LogP contribution >= 0.6 is 12.4 Å². The molecule has 4 heteroatoms. The van der Waals surface area contributed by atoms with E-state index in [1.807, 2.05) is 0 Å². The van der Waals surface area contributed by atoms with Crippen molar-refractivity contribution in [3.8, 4) is 0 Å². The van der Waals surface area contributed by atoms with Gasteiger partial charge in [-0.2, -0.15) is 0 Å². The topological polar surface area (TPSA) is 52.3 Å². The van der Waals surface area contributed by atoms with Crippen LogP contribution in [0.25, 0.3) is 0 Å². The number of hydrogen-bond donors (Lipinski definition) is 1. The molecule has 0 aromatic heterocycles. The van der Waals surface area contributed by atoms with Gasteiger partial charge in [-0.05, 0) is 19.4 Å². The molecule has 0 spiro atoms. The van der Waals surface area contributed by atoms with Crippen LogP contribution in [0, 0.1) is 0 Å². The number of esters is 1. The zero-order valence-corrected chi connectivity index (χ0v) is 8.36. The van der Waals surface area contributed by atoms with Gasteiger partial charge in [-0.15, -0.1) is 12.4 Å². The Morgan fingerprint density at radius 2 is 1.83 bits per heavy atom. The standard InChI is InChI=1S/C8H17NO2.ClH/c1-11-8(10)6-4-2-3-5-7-9;/h2-7,9H2,1H3;1H. The summed E-state index contributed by atoms with van der Waals surface area (Å²) in [7, 11) is 1.42. The van der Waals surface area contributed by atoms with Crippen LogP contribution in [0.3, 0.4) is 0 Å². The van der Waals surface area contributed by atoms with Gasteiger partial charge in [0.15, 0.2) is 0 Å². The van der Waals surface area contributed by atoms with Crippen molar-refractivity contribution in [2.24, 2.45) is 5.73 Å². The molecular formula is C8H18ClNO2. The molecule has 0 saturated carbocycles. The lowest BCUT2D eigenvalue weighted by Gasteiger charge is -1.98. The second-order valence-corrected chi connectivity index (χ2v) is 2.53. The van der Waals surface area contributed by atoms with Crippen LogP contribution in [-0.2, 0) is 9.53 Å². The smallest absolute Gasteiger partial charge is 0.305 e. The highest BCUT2D eigenvalue weighted by Gasteiger charge is 1.97. The molecule has 0 fully saturated rings. The number of unbranched alkanes of at least 4 members (excludes halogenated alkanes) is 3. The number of methoxy groups -OCH3 is 1. The first kappa shape index (κ1) is 14.3. The van der Waals surface area contributed by atoms with Crippen molar-refractivity contribution in [3.05, 3.63) is 0 Å². The van der Waals surface area contributed by atoms with Crippen LogP contribution in [0.15, 0.2) is 0 Å². The van der Waals surface area contributed by atoms with Gasteiger partial charge in [-0.25, -0.2) is 0 Å². The normalized spacial score (nSPS) is 8.83. The highest BCUT2D eigenvalue weighted by Crippen LogP contribution is 2.02. The quantitative estimate of drug-likeness (QED) is 0.516. The zero-order valence-electron chi connectivity index (χ0n) is 7.54. The van der Waals surface area contributed by atoms with E-state index in [1.165, 1.54) is 7.11 Å². The molecule has 0 unspecified atom stereocenters. The van der Waals surface area contributed by atoms with Crippen molar-refractivity contribution in [1.29, 1.82) is 0 Å². The number of hydrogen-bond acceptors (Lipinski definition) is 3. The van der Waals surface area contributed by atoms with Gasteiger partial charge in [0.25, 0.3) is 0 Å². The minimum absolute atomic E-state index is 0. The van der Waals surface area contributed by atoms with Crippen LogP contribution in [0.4, 0.5) is 0 Å². The lowest BCUT2D eigenvalue weighted by molar-refractivity contribution is -0.140. The Hall–Kier alpha value is -0.280. The summed E-state index contributed by atoms with van der Waals surface area (Å²) < 4.78 is 4.49. The van der Waals surface area contributed by atoms with E-state index in [-0.39, 0.29) is 18.4 Å². The summed E-state index contributed by atoms with van der Waals surface area (Å²) >= 11 is 0. The van der Waals surface area contributed by atoms with E-state index in [0.717, 1.165) is 32.2 Å². The highest BCUT2D eigenvalue weighted by atomic mass is 35.5. The second-order valence-electron chi connectivity index (χ2n) is 2.53. The van der Waals surface area contributed by atoms with Crippen molar-refractivity contribution in [2.75, 3.05) is 13.7 Å². The summed E-state index contributed by atoms with van der Waals surface area (Å²) in [6.07, 6.45) is 4.72. The molecule has 0 bridgehead atoms. The summed E-state index contributed by atoms with van der Waals surface area (Å²) in [4.78, 5) is 10.6. The molecule has 0 aromatic rings. The number of ether oxygens (including phenoxy) is 1. The van der Waals surface area contributed by atoms with Crippen LogP contribution in [-0.4, -0.2) is 19.6 Å². The third-order valence-electron chi connectivity index (χ3n) is 1.56. The average molecular weight is 196 g/mol. The van der Waals surface area contributed by atoms with Crippen LogP contribution in [0.2, 0.25) is 0 Å². The minimum Gasteiger partial charge on any atom is -0.469 e. The molecule has 0 rings (SSSR count). The Morgan fingerprint density at radius 3 is 2.33 bits per heavy atom. The first-order valence-corrected chi connectivity index (χ1v) is 4.08. The lowest BCUT2D eigenvalue weighted by atomic mass is 10.1. The predicted molar refractivity (Wildman–Crippen MR) is 51.4 cm³/mol. The molecule has 12 heavy (non-hydrogen) atoms. The minimum atomic E-state index is -0.113. The van der Waals surface area contributed by atoms with Gasteiger partial charge in [0.05, 0.1) is 7.11 Å². The monoisotopic (exact) mass is 195 g/mol. The molecule has 0 aliphatic carbocycles. The fourth-order valence-corrected chi connectivity index (χ4v) is 0.869. The third-order valence-corrected chi connectivity index (χ3v) is 1.56. The van der Waals surface area contributed by atoms with E-state index < -0.39 is 0 Å². The van der Waals surface area contributed by atoms with Crippen molar-refractivity contribution in [3.63, 3.8) is 0 Å². The number of halogens is 1. The molecule has 2 N–H and O–H groups in total. The molecule has 0 heterocycles. The number of rotatable bonds is 6. The predicted octanol–water partition coefficient (Wildman–Crippen LogP) is 1.49. The summed E-state index contributed by atoms with van der Waals surface area (Å²) in [5.74, 6) is -0.113. The maximum Gasteiger partial charge on any atom is 0.305 e. The number of nitrogens with two attached hydrogens (primary N) is 1. The van der Waals surface area contributed by atoms with Crippen molar-refractivity contribution >= 4 is 18.4 Å². The molecular weight excluding hydrogens is 178 g/mol. The third kappa shape index (κ3) is 9.72. The first-order chi connectivity index (χ1) is 5.31. The molecule has 0 aromatic carbocycles. The average Bonchev–Trinajstić information content (AvgIpc) is 2.04. The van der Waals surface area contributed by atoms with E-state index in [1.54, 1.807) is 0 Å². The Morgan fingerprint density at radius 1 is 1.25 bits per heavy atom. The van der Waals surface area contributed by atoms with Gasteiger partial charge < -0.3 is 10.5 Å². The van der Waals surface area contributed by atoms with Crippen molar-refractivity contribution in [1.82, 2.24) is 0 Å². The maximum atomic E-state index is 10.6. The molecule has 0 amide bonds. The van der Waals surface area contributed by atoms with Crippen molar-refractivity contribution < 1.29 is 9.53 Å². The fourth-order valence-electron chi connectivity index (χ4n) is 0.869. The molecule has 0 saturated heterocycles. The van der Waals surface area contributed by atoms with Gasteiger partial charge in [0.1, 0.15) is 0 Å². The molecule has 3 nitrogen and oxygen atoms in total. The summed E-state index contributed by atoms with van der Waals surface area (Å²) in [6, 6.07) is 0. The summed E-state index contributed by atoms with van der Waals surface area (Å²) in [6.45, 7) is 0.748. The van der Waals surface area contributed by atoms with E-state index in [9.17, 15) is 4.79 Å². The molecule has 0 aliphatic heterocycles. The van der Waals surface area contributed by atoms with Crippen LogP contribution < -0.4 is 5.73 Å². The summed E-state index contributed by atoms with van der Waals surface area (Å²) in [5, 5.41) is 0. The van der Waals surface area contributed by atoms with Gasteiger partial charge in [-0.3, -0.25) is 4.79 Å². The fraction of sp³-hybridized carbons (Fsp3) is 0.875. The Bertz CT molecular complexity index is 109. The first-order valence-electron chi connectivity index (χ1n) is 4.08. The Kier molecular flexibility index (Phi) is 12.7. The van der Waals surface area contributed by atoms with E-state index in [2.05, 4.69) is 4.74 Å². The SMILES string of the molecule is COC(=O)CCCCCCN.Cl. The molecule has 0 atom stereocenters. The van der Waals surface area contributed by atoms with Crippen LogP contribution in [0.5, 0.6) is 0 Å². The van der Waals surface area contributed by atoms with E-state index in [0.29, 0.717) is 6.42 Å². The lowest BCUT2D eigenvalue weighted by Crippen LogP contribution is -2.00. The van der Waals surface area contributed by atoms with E-state index in [4.69, 9.17) is 5.73 Å². The number of carbonyl (C=O) groups is 1. The largest absolute Gasteiger partial charge is 0.469 e. The van der Waals surface area contributed by atoms with Gasteiger partial charge in [0, 0.05) is 6.42 Å². The van der Waals surface area contributed by atoms with Crippen molar-refractivity contribution in [2.45, 2.75) is 32.1 Å². The van der Waals surface area contributed by atoms with Gasteiger partial charge in [0.2, 0.25) is 0 Å². The van der Waals surface area contributed by atoms with Gasteiger partial charge in [-0.1, -0.05) is 12.8 Å². The zero-order chi connectivity index (χ0) is 8.53. The Balaban J connectivity index is 0. The van der Waals surface area contributed by atoms with Crippen LogP contribution in [0.1, 0.15) is 32.1 Å². The number of carbonyl (C=O) groups excluding carboxylic acids is 1.